The Balaban J connectivity index is 1.11. The summed E-state index contributed by atoms with van der Waals surface area (Å²) in [5.41, 5.74) is 6.02. The number of hydrogen-bond acceptors (Lipinski definition) is 5. The maximum atomic E-state index is 12.9. The molecule has 1 atom stereocenters. The highest BCUT2D eigenvalue weighted by Crippen LogP contribution is 2.22. The van der Waals surface area contributed by atoms with Crippen LogP contribution < -0.4 is 0 Å². The molecule has 0 unspecified atom stereocenters. The molecular formula is C26H32N4O3. The molecule has 3 aliphatic rings. The van der Waals surface area contributed by atoms with Gasteiger partial charge in [0.2, 0.25) is 0 Å². The maximum absolute atomic E-state index is 12.9. The predicted octanol–water partition coefficient (Wildman–Crippen LogP) is 2.54. The molecule has 2 amide bonds. The van der Waals surface area contributed by atoms with Crippen LogP contribution in [0.25, 0.3) is 5.57 Å². The Labute approximate surface area is 195 Å². The minimum absolute atomic E-state index is 0.0175. The first-order chi connectivity index (χ1) is 16.2. The van der Waals surface area contributed by atoms with Crippen LogP contribution in [0.1, 0.15) is 28.8 Å². The van der Waals surface area contributed by atoms with Crippen LogP contribution in [-0.4, -0.2) is 82.9 Å². The summed E-state index contributed by atoms with van der Waals surface area (Å²) < 4.78 is 5.37. The van der Waals surface area contributed by atoms with Gasteiger partial charge in [-0.15, -0.1) is 0 Å². The number of carbonyl (C=O) groups is 1. The summed E-state index contributed by atoms with van der Waals surface area (Å²) in [6.07, 6.45) is 5.37. The quantitative estimate of drug-likeness (QED) is 0.705. The van der Waals surface area contributed by atoms with Gasteiger partial charge in [0.1, 0.15) is 0 Å². The van der Waals surface area contributed by atoms with Gasteiger partial charge in [0.25, 0.3) is 0 Å². The Morgan fingerprint density at radius 2 is 1.85 bits per heavy atom. The lowest BCUT2D eigenvalue weighted by Gasteiger charge is -2.31. The SMILES string of the molecule is O=C1N(Cc2ccc(C3=CCOCC3)cn2)CCN1C[C@H](O)CN1CCc2ccccc2C1. The molecule has 3 aliphatic heterocycles. The van der Waals surface area contributed by atoms with Gasteiger partial charge in [0.15, 0.2) is 0 Å². The van der Waals surface area contributed by atoms with E-state index in [4.69, 9.17) is 4.74 Å². The lowest BCUT2D eigenvalue weighted by Crippen LogP contribution is -2.43. The van der Waals surface area contributed by atoms with E-state index in [1.54, 1.807) is 4.90 Å². The highest BCUT2D eigenvalue weighted by atomic mass is 16.5. The highest BCUT2D eigenvalue weighted by Gasteiger charge is 2.30. The predicted molar refractivity (Wildman–Crippen MR) is 126 cm³/mol. The maximum Gasteiger partial charge on any atom is 0.320 e. The normalized spacial score (nSPS) is 20.0. The van der Waals surface area contributed by atoms with E-state index in [-0.39, 0.29) is 6.03 Å². The van der Waals surface area contributed by atoms with Gasteiger partial charge in [-0.25, -0.2) is 4.79 Å². The van der Waals surface area contributed by atoms with Crippen molar-refractivity contribution in [2.75, 3.05) is 45.9 Å². The van der Waals surface area contributed by atoms with Crippen LogP contribution in [0.4, 0.5) is 4.79 Å². The van der Waals surface area contributed by atoms with E-state index < -0.39 is 6.10 Å². The standard InChI is InChI=1S/C26H32N4O3/c31-25(18-28-10-7-20-3-1-2-4-23(20)16-28)19-30-12-11-29(26(30)32)17-24-6-5-22(15-27-24)21-8-13-33-14-9-21/h1-6,8,15,25,31H,7,9-14,16-19H2/t25-/m1/s1. The van der Waals surface area contributed by atoms with Gasteiger partial charge in [-0.3, -0.25) is 9.88 Å². The van der Waals surface area contributed by atoms with E-state index in [2.05, 4.69) is 46.3 Å². The summed E-state index contributed by atoms with van der Waals surface area (Å²) >= 11 is 0. The topological polar surface area (TPSA) is 69.1 Å². The van der Waals surface area contributed by atoms with Crippen molar-refractivity contribution in [2.45, 2.75) is 32.0 Å². The highest BCUT2D eigenvalue weighted by molar-refractivity contribution is 5.76. The number of amides is 2. The van der Waals surface area contributed by atoms with Crippen LogP contribution in [0.5, 0.6) is 0 Å². The molecule has 0 aliphatic carbocycles. The van der Waals surface area contributed by atoms with Crippen LogP contribution in [0, 0.1) is 0 Å². The molecule has 174 valence electrons. The van der Waals surface area contributed by atoms with Crippen LogP contribution in [0.3, 0.4) is 0 Å². The van der Waals surface area contributed by atoms with Crippen LogP contribution in [0.2, 0.25) is 0 Å². The molecule has 1 N–H and O–H groups in total. The smallest absolute Gasteiger partial charge is 0.320 e. The second-order valence-electron chi connectivity index (χ2n) is 9.15. The Hall–Kier alpha value is -2.74. The van der Waals surface area contributed by atoms with Gasteiger partial charge in [-0.2, -0.15) is 0 Å². The van der Waals surface area contributed by atoms with Crippen LogP contribution >= 0.6 is 0 Å². The molecule has 1 fully saturated rings. The molecule has 2 aromatic rings. The lowest BCUT2D eigenvalue weighted by molar-refractivity contribution is 0.0812. The first kappa shape index (κ1) is 22.1. The fourth-order valence-electron chi connectivity index (χ4n) is 4.96. The Morgan fingerprint density at radius 1 is 1.00 bits per heavy atom. The molecule has 4 heterocycles. The third kappa shape index (κ3) is 5.27. The first-order valence-electron chi connectivity index (χ1n) is 11.9. The number of aliphatic hydroxyl groups excluding tert-OH is 1. The molecule has 0 bridgehead atoms. The molecule has 1 aromatic heterocycles. The summed E-state index contributed by atoms with van der Waals surface area (Å²) in [6, 6.07) is 12.6. The van der Waals surface area contributed by atoms with Crippen LogP contribution in [-0.2, 0) is 24.2 Å². The second-order valence-corrected chi connectivity index (χ2v) is 9.15. The molecule has 7 heteroatoms. The van der Waals surface area contributed by atoms with Gasteiger partial charge in [0, 0.05) is 45.5 Å². The minimum atomic E-state index is -0.552. The number of aliphatic hydroxyl groups is 1. The third-order valence-corrected chi connectivity index (χ3v) is 6.80. The average Bonchev–Trinajstić information content (AvgIpc) is 3.18. The van der Waals surface area contributed by atoms with Gasteiger partial charge in [-0.05, 0) is 41.2 Å². The summed E-state index contributed by atoms with van der Waals surface area (Å²) in [7, 11) is 0. The summed E-state index contributed by atoms with van der Waals surface area (Å²) in [6.45, 7) is 5.97. The van der Waals surface area contributed by atoms with E-state index in [0.717, 1.165) is 43.8 Å². The van der Waals surface area contributed by atoms with E-state index >= 15 is 0 Å². The lowest BCUT2D eigenvalue weighted by atomic mass is 10.00. The summed E-state index contributed by atoms with van der Waals surface area (Å²) in [5, 5.41) is 10.7. The zero-order valence-corrected chi connectivity index (χ0v) is 19.0. The van der Waals surface area contributed by atoms with E-state index in [9.17, 15) is 9.90 Å². The number of pyridine rings is 1. The summed E-state index contributed by atoms with van der Waals surface area (Å²) in [5.74, 6) is 0. The van der Waals surface area contributed by atoms with Crippen molar-refractivity contribution in [2.24, 2.45) is 0 Å². The Bertz CT molecular complexity index is 1010. The number of carbonyl (C=O) groups excluding carboxylic acids is 1. The second kappa shape index (κ2) is 10.0. The van der Waals surface area contributed by atoms with E-state index in [1.165, 1.54) is 16.7 Å². The molecular weight excluding hydrogens is 416 g/mol. The van der Waals surface area contributed by atoms with Crippen LogP contribution in [0.15, 0.2) is 48.7 Å². The molecule has 1 saturated heterocycles. The number of hydrogen-bond donors (Lipinski definition) is 1. The van der Waals surface area contributed by atoms with E-state index in [0.29, 0.717) is 39.3 Å². The van der Waals surface area contributed by atoms with Crippen molar-refractivity contribution in [3.63, 3.8) is 0 Å². The number of nitrogens with zero attached hydrogens (tertiary/aromatic N) is 4. The summed E-state index contributed by atoms with van der Waals surface area (Å²) in [4.78, 5) is 23.3. The molecule has 0 radical (unpaired) electrons. The number of β-amino-alcohol motifs (C(OH)–C–C–N with tert-alkyl or cyclic N) is 1. The largest absolute Gasteiger partial charge is 0.390 e. The zero-order chi connectivity index (χ0) is 22.6. The van der Waals surface area contributed by atoms with Gasteiger partial charge < -0.3 is 19.6 Å². The van der Waals surface area contributed by atoms with Gasteiger partial charge in [-0.1, -0.05) is 36.4 Å². The molecule has 5 rings (SSSR count). The Kier molecular flexibility index (Phi) is 6.71. The van der Waals surface area contributed by atoms with Gasteiger partial charge in [0.05, 0.1) is 31.6 Å². The molecule has 0 saturated carbocycles. The molecule has 1 aromatic carbocycles. The fraction of sp³-hybridized carbons (Fsp3) is 0.462. The van der Waals surface area contributed by atoms with Crippen molar-refractivity contribution < 1.29 is 14.6 Å². The van der Waals surface area contributed by atoms with Crippen molar-refractivity contribution in [3.05, 3.63) is 71.1 Å². The number of aromatic nitrogens is 1. The number of urea groups is 1. The molecule has 7 nitrogen and oxygen atoms in total. The Morgan fingerprint density at radius 3 is 2.64 bits per heavy atom. The van der Waals surface area contributed by atoms with Crippen molar-refractivity contribution in [1.29, 1.82) is 0 Å². The average molecular weight is 449 g/mol. The number of fused-ring (bicyclic) bond motifs is 1. The van der Waals surface area contributed by atoms with Crippen molar-refractivity contribution in [3.8, 4) is 0 Å². The first-order valence-corrected chi connectivity index (χ1v) is 11.9. The van der Waals surface area contributed by atoms with Gasteiger partial charge >= 0.3 is 6.03 Å². The zero-order valence-electron chi connectivity index (χ0n) is 19.0. The van der Waals surface area contributed by atoms with Crippen molar-refractivity contribution in [1.82, 2.24) is 19.7 Å². The number of rotatable bonds is 7. The fourth-order valence-corrected chi connectivity index (χ4v) is 4.96. The number of benzene rings is 1. The third-order valence-electron chi connectivity index (χ3n) is 6.80. The van der Waals surface area contributed by atoms with E-state index in [1.807, 2.05) is 17.2 Å². The minimum Gasteiger partial charge on any atom is -0.390 e. The molecule has 0 spiro atoms. The molecule has 33 heavy (non-hydrogen) atoms. The monoisotopic (exact) mass is 448 g/mol. The van der Waals surface area contributed by atoms with Crippen molar-refractivity contribution >= 4 is 11.6 Å². The number of ether oxygens (including phenoxy) is 1.